The Kier molecular flexibility index (Phi) is 5.23. The maximum atomic E-state index is 12.4. The number of hydrogen-bond donors (Lipinski definition) is 1. The van der Waals surface area contributed by atoms with Crippen LogP contribution < -0.4 is 5.32 Å². The van der Waals surface area contributed by atoms with Crippen molar-refractivity contribution in [1.29, 1.82) is 0 Å². The quantitative estimate of drug-likeness (QED) is 0.833. The summed E-state index contributed by atoms with van der Waals surface area (Å²) in [7, 11) is 0. The number of urea groups is 1. The second-order valence-corrected chi connectivity index (χ2v) is 6.29. The third-order valence-corrected chi connectivity index (χ3v) is 4.50. The highest BCUT2D eigenvalue weighted by molar-refractivity contribution is 7.99. The smallest absolute Gasteiger partial charge is 0.339 e. The molecular formula is C12H18F3N3O2S. The first-order valence-electron chi connectivity index (χ1n) is 6.86. The number of carbonyl (C=O) groups excluding carboxylic acids is 2. The van der Waals surface area contributed by atoms with Crippen LogP contribution in [-0.2, 0) is 4.79 Å². The van der Waals surface area contributed by atoms with Gasteiger partial charge in [-0.25, -0.2) is 4.79 Å². The Hall–Kier alpha value is -1.12. The van der Waals surface area contributed by atoms with Crippen molar-refractivity contribution in [2.45, 2.75) is 25.1 Å². The van der Waals surface area contributed by atoms with Crippen LogP contribution in [0.25, 0.3) is 0 Å². The van der Waals surface area contributed by atoms with Crippen LogP contribution in [0, 0.1) is 0 Å². The highest BCUT2D eigenvalue weighted by Crippen LogP contribution is 2.22. The van der Waals surface area contributed by atoms with Gasteiger partial charge in [0, 0.05) is 31.1 Å². The number of nitrogens with one attached hydrogen (secondary N) is 1. The molecule has 2 heterocycles. The summed E-state index contributed by atoms with van der Waals surface area (Å²) < 4.78 is 36.4. The summed E-state index contributed by atoms with van der Waals surface area (Å²) in [6.07, 6.45) is -3.29. The van der Waals surface area contributed by atoms with Crippen LogP contribution in [-0.4, -0.2) is 71.6 Å². The first-order valence-corrected chi connectivity index (χ1v) is 8.02. The van der Waals surface area contributed by atoms with Gasteiger partial charge in [0.2, 0.25) is 5.91 Å². The lowest BCUT2D eigenvalue weighted by molar-refractivity contribution is -0.134. The average molecular weight is 325 g/mol. The van der Waals surface area contributed by atoms with Gasteiger partial charge >= 0.3 is 12.2 Å². The molecule has 1 N–H and O–H groups in total. The summed E-state index contributed by atoms with van der Waals surface area (Å²) in [5, 5.41) is 1.84. The Morgan fingerprint density at radius 3 is 2.48 bits per heavy atom. The fourth-order valence-electron chi connectivity index (χ4n) is 2.54. The number of hydrogen-bond acceptors (Lipinski definition) is 3. The third-order valence-electron chi connectivity index (χ3n) is 3.56. The highest BCUT2D eigenvalue weighted by atomic mass is 32.2. The number of rotatable bonds is 2. The molecular weight excluding hydrogens is 307 g/mol. The highest BCUT2D eigenvalue weighted by Gasteiger charge is 2.38. The van der Waals surface area contributed by atoms with Crippen molar-refractivity contribution in [1.82, 2.24) is 15.1 Å². The van der Waals surface area contributed by atoms with Gasteiger partial charge in [-0.1, -0.05) is 0 Å². The first-order chi connectivity index (χ1) is 9.88. The fraction of sp³-hybridized carbons (Fsp3) is 0.833. The van der Waals surface area contributed by atoms with E-state index < -0.39 is 24.8 Å². The summed E-state index contributed by atoms with van der Waals surface area (Å²) in [5.41, 5.74) is 0. The van der Waals surface area contributed by atoms with Crippen LogP contribution in [0.4, 0.5) is 18.0 Å². The number of carbonyl (C=O) groups is 2. The molecule has 2 aliphatic heterocycles. The van der Waals surface area contributed by atoms with Crippen molar-refractivity contribution in [2.24, 2.45) is 0 Å². The van der Waals surface area contributed by atoms with Crippen molar-refractivity contribution in [3.05, 3.63) is 0 Å². The maximum Gasteiger partial charge on any atom is 0.405 e. The minimum Gasteiger partial charge on any atom is -0.339 e. The zero-order valence-corrected chi connectivity index (χ0v) is 12.3. The maximum absolute atomic E-state index is 12.4. The molecule has 9 heteroatoms. The predicted molar refractivity (Wildman–Crippen MR) is 73.1 cm³/mol. The van der Waals surface area contributed by atoms with Gasteiger partial charge in [-0.15, -0.1) is 0 Å². The second-order valence-electron chi connectivity index (χ2n) is 5.06. The molecule has 0 aromatic heterocycles. The van der Waals surface area contributed by atoms with Gasteiger partial charge in [0.1, 0.15) is 12.6 Å². The lowest BCUT2D eigenvalue weighted by atomic mass is 10.2. The van der Waals surface area contributed by atoms with Crippen LogP contribution in [0.3, 0.4) is 0 Å². The monoisotopic (exact) mass is 325 g/mol. The van der Waals surface area contributed by atoms with Gasteiger partial charge in [-0.2, -0.15) is 24.9 Å². The van der Waals surface area contributed by atoms with Gasteiger partial charge in [0.25, 0.3) is 0 Å². The first kappa shape index (κ1) is 16.3. The Balaban J connectivity index is 1.92. The average Bonchev–Trinajstić information content (AvgIpc) is 2.93. The molecule has 5 nitrogen and oxygen atoms in total. The van der Waals surface area contributed by atoms with Crippen LogP contribution in [0.2, 0.25) is 0 Å². The number of alkyl halides is 3. The van der Waals surface area contributed by atoms with Gasteiger partial charge in [-0.05, 0) is 12.8 Å². The zero-order chi connectivity index (χ0) is 15.5. The lowest BCUT2D eigenvalue weighted by Crippen LogP contribution is -2.53. The van der Waals surface area contributed by atoms with E-state index >= 15 is 0 Å². The Bertz CT molecular complexity index is 400. The van der Waals surface area contributed by atoms with Gasteiger partial charge in [-0.3, -0.25) is 4.79 Å². The largest absolute Gasteiger partial charge is 0.405 e. The van der Waals surface area contributed by atoms with E-state index in [2.05, 4.69) is 0 Å². The molecule has 2 fully saturated rings. The molecule has 2 aliphatic rings. The SMILES string of the molecule is O=C([C@H]1CCCN1C(=O)NCC(F)(F)F)N1CCSCC1. The van der Waals surface area contributed by atoms with Crippen molar-refractivity contribution in [3.63, 3.8) is 0 Å². The summed E-state index contributed by atoms with van der Waals surface area (Å²) >= 11 is 1.76. The minimum absolute atomic E-state index is 0.144. The molecule has 0 aliphatic carbocycles. The van der Waals surface area contributed by atoms with Gasteiger partial charge < -0.3 is 15.1 Å². The molecule has 3 amide bonds. The Morgan fingerprint density at radius 1 is 1.19 bits per heavy atom. The van der Waals surface area contributed by atoms with Crippen LogP contribution >= 0.6 is 11.8 Å². The zero-order valence-electron chi connectivity index (χ0n) is 11.5. The molecule has 21 heavy (non-hydrogen) atoms. The van der Waals surface area contributed by atoms with Crippen LogP contribution in [0.1, 0.15) is 12.8 Å². The molecule has 0 aromatic rings. The van der Waals surface area contributed by atoms with E-state index in [1.165, 1.54) is 4.90 Å². The Morgan fingerprint density at radius 2 is 1.86 bits per heavy atom. The molecule has 2 rings (SSSR count). The summed E-state index contributed by atoms with van der Waals surface area (Å²) in [5.74, 6) is 1.58. The molecule has 0 unspecified atom stereocenters. The second kappa shape index (κ2) is 6.76. The molecule has 120 valence electrons. The van der Waals surface area contributed by atoms with E-state index in [1.807, 2.05) is 5.32 Å². The van der Waals surface area contributed by atoms with Gasteiger partial charge in [0.15, 0.2) is 0 Å². The lowest BCUT2D eigenvalue weighted by Gasteiger charge is -2.32. The van der Waals surface area contributed by atoms with Gasteiger partial charge in [0.05, 0.1) is 0 Å². The molecule has 2 saturated heterocycles. The van der Waals surface area contributed by atoms with Crippen LogP contribution in [0.15, 0.2) is 0 Å². The molecule has 0 radical (unpaired) electrons. The van der Waals surface area contributed by atoms with Crippen molar-refractivity contribution in [3.8, 4) is 0 Å². The summed E-state index contributed by atoms with van der Waals surface area (Å²) in [6, 6.07) is -1.43. The molecule has 1 atom stereocenters. The normalized spacial score (nSPS) is 23.3. The predicted octanol–water partition coefficient (Wildman–Crippen LogP) is 1.30. The van der Waals surface area contributed by atoms with E-state index in [0.29, 0.717) is 32.5 Å². The fourth-order valence-corrected chi connectivity index (χ4v) is 3.44. The number of likely N-dealkylation sites (tertiary alicyclic amines) is 1. The van der Waals surface area contributed by atoms with Crippen molar-refractivity contribution < 1.29 is 22.8 Å². The topological polar surface area (TPSA) is 52.7 Å². The van der Waals surface area contributed by atoms with E-state index in [4.69, 9.17) is 0 Å². The summed E-state index contributed by atoms with van der Waals surface area (Å²) in [4.78, 5) is 27.2. The van der Waals surface area contributed by atoms with E-state index in [0.717, 1.165) is 11.5 Å². The summed E-state index contributed by atoms with van der Waals surface area (Å²) in [6.45, 7) is 0.225. The molecule has 0 saturated carbocycles. The standard InChI is InChI=1S/C12H18F3N3O2S/c13-12(14,15)8-16-11(20)18-3-1-2-9(18)10(19)17-4-6-21-7-5-17/h9H,1-8H2,(H,16,20)/t9-/m1/s1. The van der Waals surface area contributed by atoms with E-state index in [-0.39, 0.29) is 5.91 Å². The molecule has 0 aromatic carbocycles. The van der Waals surface area contributed by atoms with Crippen molar-refractivity contribution >= 4 is 23.7 Å². The minimum atomic E-state index is -4.45. The third kappa shape index (κ3) is 4.42. The number of amides is 3. The number of thioether (sulfide) groups is 1. The van der Waals surface area contributed by atoms with Crippen molar-refractivity contribution in [2.75, 3.05) is 37.7 Å². The number of halogens is 3. The van der Waals surface area contributed by atoms with Crippen LogP contribution in [0.5, 0.6) is 0 Å². The Labute approximate surface area is 125 Å². The molecule has 0 bridgehead atoms. The number of nitrogens with zero attached hydrogens (tertiary/aromatic N) is 2. The van der Waals surface area contributed by atoms with E-state index in [1.54, 1.807) is 16.7 Å². The molecule has 0 spiro atoms. The van der Waals surface area contributed by atoms with E-state index in [9.17, 15) is 22.8 Å².